The first-order chi connectivity index (χ1) is 8.19. The maximum Gasteiger partial charge on any atom is 0.0930 e. The molecule has 1 aromatic heterocycles. The highest BCUT2D eigenvalue weighted by atomic mass is 32.1. The van der Waals surface area contributed by atoms with Crippen LogP contribution in [-0.4, -0.2) is 34.2 Å². The third-order valence-electron chi connectivity index (χ3n) is 3.25. The van der Waals surface area contributed by atoms with E-state index >= 15 is 0 Å². The fourth-order valence-electron chi connectivity index (χ4n) is 2.37. The van der Waals surface area contributed by atoms with E-state index in [2.05, 4.69) is 23.7 Å². The molecule has 0 aliphatic carbocycles. The summed E-state index contributed by atoms with van der Waals surface area (Å²) in [5.74, 6) is 0.672. The average Bonchev–Trinajstić information content (AvgIpc) is 2.87. The Bertz CT molecular complexity index is 351. The monoisotopic (exact) mass is 254 g/mol. The largest absolute Gasteiger partial charge is 0.395 e. The van der Waals surface area contributed by atoms with Crippen molar-refractivity contribution < 1.29 is 5.11 Å². The first kappa shape index (κ1) is 13.0. The predicted octanol–water partition coefficient (Wildman–Crippen LogP) is 2.30. The minimum Gasteiger partial charge on any atom is -0.395 e. The smallest absolute Gasteiger partial charge is 0.0930 e. The molecule has 17 heavy (non-hydrogen) atoms. The molecule has 0 bridgehead atoms. The lowest BCUT2D eigenvalue weighted by atomic mass is 10.1. The molecule has 0 amide bonds. The van der Waals surface area contributed by atoms with Crippen LogP contribution in [0.2, 0.25) is 0 Å². The zero-order valence-corrected chi connectivity index (χ0v) is 11.5. The summed E-state index contributed by atoms with van der Waals surface area (Å²) in [7, 11) is 0. The van der Waals surface area contributed by atoms with Gasteiger partial charge in [-0.1, -0.05) is 13.8 Å². The Hall–Kier alpha value is -0.450. The lowest BCUT2D eigenvalue weighted by Crippen LogP contribution is -2.31. The van der Waals surface area contributed by atoms with E-state index in [4.69, 9.17) is 0 Å². The van der Waals surface area contributed by atoms with Gasteiger partial charge >= 0.3 is 0 Å². The molecule has 1 aliphatic heterocycles. The van der Waals surface area contributed by atoms with Gasteiger partial charge in [-0.15, -0.1) is 11.3 Å². The van der Waals surface area contributed by atoms with E-state index in [9.17, 15) is 5.11 Å². The Balaban J connectivity index is 1.92. The lowest BCUT2D eigenvalue weighted by Gasteiger charge is -2.21. The molecule has 0 aromatic carbocycles. The van der Waals surface area contributed by atoms with E-state index in [1.54, 1.807) is 0 Å². The van der Waals surface area contributed by atoms with Crippen LogP contribution in [0, 0.1) is 5.92 Å². The van der Waals surface area contributed by atoms with Crippen LogP contribution in [0.5, 0.6) is 0 Å². The minimum absolute atomic E-state index is 0.289. The molecular weight excluding hydrogens is 232 g/mol. The molecule has 1 saturated heterocycles. The zero-order valence-electron chi connectivity index (χ0n) is 10.7. The first-order valence-electron chi connectivity index (χ1n) is 6.47. The van der Waals surface area contributed by atoms with Crippen molar-refractivity contribution in [2.45, 2.75) is 45.7 Å². The molecule has 2 rings (SSSR count). The summed E-state index contributed by atoms with van der Waals surface area (Å²) in [6.07, 6.45) is 5.43. The van der Waals surface area contributed by atoms with Gasteiger partial charge in [-0.25, -0.2) is 4.98 Å². The van der Waals surface area contributed by atoms with Gasteiger partial charge in [0, 0.05) is 30.1 Å². The molecule has 0 unspecified atom stereocenters. The average molecular weight is 254 g/mol. The number of nitrogens with zero attached hydrogens (tertiary/aromatic N) is 2. The zero-order chi connectivity index (χ0) is 12.3. The number of likely N-dealkylation sites (tertiary alicyclic amines) is 1. The molecule has 1 aromatic rings. The van der Waals surface area contributed by atoms with Crippen LogP contribution in [0.1, 0.15) is 36.6 Å². The number of thiazole rings is 1. The first-order valence-corrected chi connectivity index (χ1v) is 7.29. The van der Waals surface area contributed by atoms with Gasteiger partial charge in [-0.2, -0.15) is 0 Å². The van der Waals surface area contributed by atoms with Crippen LogP contribution < -0.4 is 0 Å². The standard InChI is InChI=1S/C13H22N2OS/c1-10(2)6-13-14-7-12(17-13)8-15-5-3-4-11(15)9-16/h7,10-11,16H,3-6,8-9H2,1-2H3/t11-/m0/s1. The molecule has 96 valence electrons. The Morgan fingerprint density at radius 2 is 2.41 bits per heavy atom. The van der Waals surface area contributed by atoms with E-state index < -0.39 is 0 Å². The number of aliphatic hydroxyl groups excluding tert-OH is 1. The summed E-state index contributed by atoms with van der Waals surface area (Å²) >= 11 is 1.83. The summed E-state index contributed by atoms with van der Waals surface area (Å²) in [5, 5.41) is 10.5. The fourth-order valence-corrected chi connectivity index (χ4v) is 3.54. The van der Waals surface area contributed by atoms with Crippen LogP contribution in [0.25, 0.3) is 0 Å². The van der Waals surface area contributed by atoms with Crippen molar-refractivity contribution in [1.29, 1.82) is 0 Å². The molecule has 4 heteroatoms. The number of aliphatic hydroxyl groups is 1. The topological polar surface area (TPSA) is 36.4 Å². The molecule has 3 nitrogen and oxygen atoms in total. The van der Waals surface area contributed by atoms with Crippen molar-refractivity contribution in [3.05, 3.63) is 16.1 Å². The lowest BCUT2D eigenvalue weighted by molar-refractivity contribution is 0.154. The molecule has 0 saturated carbocycles. The SMILES string of the molecule is CC(C)Cc1ncc(CN2CCC[C@H]2CO)s1. The normalized spacial score (nSPS) is 21.5. The van der Waals surface area contributed by atoms with Crippen molar-refractivity contribution in [2.24, 2.45) is 5.92 Å². The molecule has 1 atom stereocenters. The van der Waals surface area contributed by atoms with Gasteiger partial charge in [-0.3, -0.25) is 4.90 Å². The van der Waals surface area contributed by atoms with Crippen molar-refractivity contribution >= 4 is 11.3 Å². The van der Waals surface area contributed by atoms with E-state index in [0.717, 1.165) is 25.9 Å². The van der Waals surface area contributed by atoms with E-state index in [1.165, 1.54) is 16.3 Å². The molecule has 2 heterocycles. The van der Waals surface area contributed by atoms with Gasteiger partial charge < -0.3 is 5.11 Å². The maximum absolute atomic E-state index is 9.28. The van der Waals surface area contributed by atoms with E-state index in [-0.39, 0.29) is 6.61 Å². The fraction of sp³-hybridized carbons (Fsp3) is 0.769. The molecule has 1 N–H and O–H groups in total. The summed E-state index contributed by atoms with van der Waals surface area (Å²) in [4.78, 5) is 8.19. The second kappa shape index (κ2) is 5.94. The Kier molecular flexibility index (Phi) is 4.54. The maximum atomic E-state index is 9.28. The van der Waals surface area contributed by atoms with Crippen LogP contribution in [0.15, 0.2) is 6.20 Å². The van der Waals surface area contributed by atoms with Crippen LogP contribution >= 0.6 is 11.3 Å². The van der Waals surface area contributed by atoms with Crippen molar-refractivity contribution in [3.63, 3.8) is 0 Å². The number of hydrogen-bond donors (Lipinski definition) is 1. The quantitative estimate of drug-likeness (QED) is 0.876. The van der Waals surface area contributed by atoms with Crippen LogP contribution in [0.4, 0.5) is 0 Å². The molecule has 1 aliphatic rings. The summed E-state index contributed by atoms with van der Waals surface area (Å²) < 4.78 is 0. The molecule has 0 spiro atoms. The molecular formula is C13H22N2OS. The van der Waals surface area contributed by atoms with E-state index in [0.29, 0.717) is 12.0 Å². The molecule has 0 radical (unpaired) electrons. The summed E-state index contributed by atoms with van der Waals surface area (Å²) in [6, 6.07) is 0.366. The summed E-state index contributed by atoms with van der Waals surface area (Å²) in [6.45, 7) is 6.81. The number of aromatic nitrogens is 1. The third kappa shape index (κ3) is 3.50. The van der Waals surface area contributed by atoms with Gasteiger partial charge in [0.15, 0.2) is 0 Å². The highest BCUT2D eigenvalue weighted by Crippen LogP contribution is 2.23. The van der Waals surface area contributed by atoms with Gasteiger partial charge in [0.25, 0.3) is 0 Å². The highest BCUT2D eigenvalue weighted by Gasteiger charge is 2.24. The van der Waals surface area contributed by atoms with Gasteiger partial charge in [-0.05, 0) is 25.3 Å². The van der Waals surface area contributed by atoms with Gasteiger partial charge in [0.05, 0.1) is 11.6 Å². The Morgan fingerprint density at radius 1 is 1.59 bits per heavy atom. The second-order valence-electron chi connectivity index (χ2n) is 5.27. The summed E-state index contributed by atoms with van der Waals surface area (Å²) in [5.41, 5.74) is 0. The predicted molar refractivity (Wildman–Crippen MR) is 71.2 cm³/mol. The highest BCUT2D eigenvalue weighted by molar-refractivity contribution is 7.11. The van der Waals surface area contributed by atoms with Gasteiger partial charge in [0.2, 0.25) is 0 Å². The minimum atomic E-state index is 0.289. The Labute approximate surface area is 107 Å². The van der Waals surface area contributed by atoms with Crippen molar-refractivity contribution in [1.82, 2.24) is 9.88 Å². The van der Waals surface area contributed by atoms with Crippen LogP contribution in [-0.2, 0) is 13.0 Å². The number of rotatable bonds is 5. The van der Waals surface area contributed by atoms with Gasteiger partial charge in [0.1, 0.15) is 0 Å². The van der Waals surface area contributed by atoms with E-state index in [1.807, 2.05) is 17.5 Å². The van der Waals surface area contributed by atoms with Crippen molar-refractivity contribution in [2.75, 3.05) is 13.2 Å². The van der Waals surface area contributed by atoms with Crippen molar-refractivity contribution in [3.8, 4) is 0 Å². The number of hydrogen-bond acceptors (Lipinski definition) is 4. The Morgan fingerprint density at radius 3 is 3.12 bits per heavy atom. The third-order valence-corrected chi connectivity index (χ3v) is 4.26. The molecule has 1 fully saturated rings. The van der Waals surface area contributed by atoms with Crippen LogP contribution in [0.3, 0.4) is 0 Å². The second-order valence-corrected chi connectivity index (χ2v) is 6.47.